The molecule has 1 aromatic carbocycles. The summed E-state index contributed by atoms with van der Waals surface area (Å²) in [6, 6.07) is 7.39. The molecule has 0 N–H and O–H groups in total. The first-order valence-electron chi connectivity index (χ1n) is 5.37. The van der Waals surface area contributed by atoms with Crippen LogP contribution in [0.1, 0.15) is 10.5 Å². The third-order valence-electron chi connectivity index (χ3n) is 2.37. The number of carbonyl (C=O) groups excluding carboxylic acids is 1. The van der Waals surface area contributed by atoms with Gasteiger partial charge in [-0.25, -0.2) is 9.37 Å². The molecule has 0 amide bonds. The largest absolute Gasteiger partial charge is 0.573 e. The van der Waals surface area contributed by atoms with E-state index in [-0.39, 0.29) is 17.5 Å². The lowest BCUT2D eigenvalue weighted by Crippen LogP contribution is -2.17. The van der Waals surface area contributed by atoms with Crippen LogP contribution in [0.25, 0.3) is 11.3 Å². The topological polar surface area (TPSA) is 39.2 Å². The van der Waals surface area contributed by atoms with E-state index in [1.165, 1.54) is 24.3 Å². The van der Waals surface area contributed by atoms with Crippen LogP contribution in [0.2, 0.25) is 0 Å². The normalized spacial score (nSPS) is 11.2. The quantitative estimate of drug-likeness (QED) is 0.639. The van der Waals surface area contributed by atoms with Gasteiger partial charge in [0.1, 0.15) is 11.4 Å². The molecule has 0 atom stereocenters. The molecule has 0 fully saturated rings. The van der Waals surface area contributed by atoms with Crippen molar-refractivity contribution in [1.82, 2.24) is 4.98 Å². The lowest BCUT2D eigenvalue weighted by Gasteiger charge is -2.12. The molecule has 20 heavy (non-hydrogen) atoms. The Balaban J connectivity index is 2.50. The lowest BCUT2D eigenvalue weighted by molar-refractivity contribution is -0.274. The molecule has 0 aliphatic heterocycles. The smallest absolute Gasteiger partial charge is 0.405 e. The van der Waals surface area contributed by atoms with Gasteiger partial charge in [-0.3, -0.25) is 4.79 Å². The van der Waals surface area contributed by atoms with Crippen LogP contribution in [0.3, 0.4) is 0 Å². The van der Waals surface area contributed by atoms with Crippen LogP contribution in [0.5, 0.6) is 5.75 Å². The number of aldehydes is 1. The molecule has 1 heterocycles. The molecule has 0 spiro atoms. The molecule has 1 aromatic heterocycles. The minimum absolute atomic E-state index is 0.00734. The lowest BCUT2D eigenvalue weighted by atomic mass is 10.1. The maximum Gasteiger partial charge on any atom is 0.573 e. The first-order valence-corrected chi connectivity index (χ1v) is 5.37. The number of aromatic nitrogens is 1. The van der Waals surface area contributed by atoms with Gasteiger partial charge in [0, 0.05) is 5.56 Å². The number of benzene rings is 1. The number of hydrogen-bond donors (Lipinski definition) is 0. The number of carbonyl (C=O) groups is 1. The highest BCUT2D eigenvalue weighted by molar-refractivity contribution is 5.75. The van der Waals surface area contributed by atoms with Gasteiger partial charge in [0.2, 0.25) is 0 Å². The molecular formula is C13H7F4NO2. The van der Waals surface area contributed by atoms with Crippen molar-refractivity contribution in [2.75, 3.05) is 0 Å². The highest BCUT2D eigenvalue weighted by Gasteiger charge is 2.32. The molecule has 0 bridgehead atoms. The summed E-state index contributed by atoms with van der Waals surface area (Å²) in [7, 11) is 0. The van der Waals surface area contributed by atoms with Crippen molar-refractivity contribution in [3.8, 4) is 17.0 Å². The second kappa shape index (κ2) is 5.28. The summed E-state index contributed by atoms with van der Waals surface area (Å²) in [4.78, 5) is 14.3. The van der Waals surface area contributed by atoms with Crippen LogP contribution in [0, 0.1) is 5.82 Å². The Kier molecular flexibility index (Phi) is 3.69. The van der Waals surface area contributed by atoms with Crippen LogP contribution in [0.15, 0.2) is 36.4 Å². The number of alkyl halides is 3. The van der Waals surface area contributed by atoms with Gasteiger partial charge in [-0.05, 0) is 24.3 Å². The van der Waals surface area contributed by atoms with Gasteiger partial charge in [0.25, 0.3) is 0 Å². The number of pyridine rings is 1. The van der Waals surface area contributed by atoms with Gasteiger partial charge in [-0.15, -0.1) is 13.2 Å². The predicted octanol–water partition coefficient (Wildman–Crippen LogP) is 3.60. The van der Waals surface area contributed by atoms with Gasteiger partial charge in [-0.1, -0.05) is 12.1 Å². The fraction of sp³-hybridized carbons (Fsp3) is 0.0769. The molecule has 2 rings (SSSR count). The molecule has 2 aromatic rings. The molecule has 104 valence electrons. The molecule has 0 saturated carbocycles. The Labute approximate surface area is 110 Å². The molecule has 0 unspecified atom stereocenters. The zero-order chi connectivity index (χ0) is 14.8. The minimum atomic E-state index is -4.86. The average molecular weight is 285 g/mol. The SMILES string of the molecule is O=Cc1nc(-c2ccccc2OC(F)(F)F)ccc1F. The fourth-order valence-corrected chi connectivity index (χ4v) is 1.58. The molecule has 0 radical (unpaired) electrons. The Morgan fingerprint density at radius 2 is 1.80 bits per heavy atom. The molecule has 0 aliphatic rings. The summed E-state index contributed by atoms with van der Waals surface area (Å²) in [5.41, 5.74) is -0.467. The van der Waals surface area contributed by atoms with Crippen LogP contribution in [-0.4, -0.2) is 17.6 Å². The number of halogens is 4. The second-order valence-electron chi connectivity index (χ2n) is 3.73. The van der Waals surface area contributed by atoms with E-state index in [4.69, 9.17) is 0 Å². The summed E-state index contributed by atoms with van der Waals surface area (Å²) >= 11 is 0. The third kappa shape index (κ3) is 3.11. The van der Waals surface area contributed by atoms with Crippen LogP contribution in [-0.2, 0) is 0 Å². The van der Waals surface area contributed by atoms with Gasteiger partial charge >= 0.3 is 6.36 Å². The van der Waals surface area contributed by atoms with Crippen LogP contribution >= 0.6 is 0 Å². The number of rotatable bonds is 3. The maximum absolute atomic E-state index is 13.2. The van der Waals surface area contributed by atoms with Crippen molar-refractivity contribution in [3.05, 3.63) is 47.9 Å². The molecular weight excluding hydrogens is 278 g/mol. The number of ether oxygens (including phenoxy) is 1. The predicted molar refractivity (Wildman–Crippen MR) is 61.7 cm³/mol. The highest BCUT2D eigenvalue weighted by Crippen LogP contribution is 2.32. The first kappa shape index (κ1) is 14.0. The van der Waals surface area contributed by atoms with E-state index >= 15 is 0 Å². The van der Waals surface area contributed by atoms with E-state index in [0.717, 1.165) is 12.1 Å². The first-order chi connectivity index (χ1) is 9.40. The Morgan fingerprint density at radius 1 is 1.10 bits per heavy atom. The van der Waals surface area contributed by atoms with Crippen LogP contribution in [0.4, 0.5) is 17.6 Å². The van der Waals surface area contributed by atoms with Crippen molar-refractivity contribution in [3.63, 3.8) is 0 Å². The standard InChI is InChI=1S/C13H7F4NO2/c14-9-5-6-10(18-11(9)7-19)8-3-1-2-4-12(8)20-13(15,16)17/h1-7H. The number of nitrogens with zero attached hydrogens (tertiary/aromatic N) is 1. The van der Waals surface area contributed by atoms with Gasteiger partial charge in [0.15, 0.2) is 12.1 Å². The summed E-state index contributed by atoms with van der Waals surface area (Å²) < 4.78 is 53.9. The van der Waals surface area contributed by atoms with E-state index in [1.54, 1.807) is 0 Å². The van der Waals surface area contributed by atoms with Crippen LogP contribution < -0.4 is 4.74 Å². The van der Waals surface area contributed by atoms with Crippen molar-refractivity contribution in [1.29, 1.82) is 0 Å². The van der Waals surface area contributed by atoms with Crippen molar-refractivity contribution in [2.45, 2.75) is 6.36 Å². The summed E-state index contributed by atoms with van der Waals surface area (Å²) in [5.74, 6) is -1.33. The third-order valence-corrected chi connectivity index (χ3v) is 2.37. The zero-order valence-corrected chi connectivity index (χ0v) is 9.82. The van der Waals surface area contributed by atoms with Gasteiger partial charge in [-0.2, -0.15) is 0 Å². The van der Waals surface area contributed by atoms with Gasteiger partial charge < -0.3 is 4.74 Å². The highest BCUT2D eigenvalue weighted by atomic mass is 19.4. The molecule has 0 saturated heterocycles. The Morgan fingerprint density at radius 3 is 2.45 bits per heavy atom. The van der Waals surface area contributed by atoms with E-state index in [9.17, 15) is 22.4 Å². The van der Waals surface area contributed by atoms with Crippen molar-refractivity contribution in [2.24, 2.45) is 0 Å². The molecule has 7 heteroatoms. The van der Waals surface area contributed by atoms with E-state index in [0.29, 0.717) is 0 Å². The average Bonchev–Trinajstić information content (AvgIpc) is 2.38. The number of hydrogen-bond acceptors (Lipinski definition) is 3. The van der Waals surface area contributed by atoms with E-state index in [1.807, 2.05) is 0 Å². The van der Waals surface area contributed by atoms with Crippen molar-refractivity contribution < 1.29 is 27.1 Å². The van der Waals surface area contributed by atoms with E-state index < -0.39 is 23.6 Å². The summed E-state index contributed by atoms with van der Waals surface area (Å²) in [6.07, 6.45) is -4.67. The molecule has 0 aliphatic carbocycles. The number of para-hydroxylation sites is 1. The van der Waals surface area contributed by atoms with Crippen molar-refractivity contribution >= 4 is 6.29 Å². The summed E-state index contributed by atoms with van der Waals surface area (Å²) in [5, 5.41) is 0. The minimum Gasteiger partial charge on any atom is -0.405 e. The fourth-order valence-electron chi connectivity index (χ4n) is 1.58. The molecule has 3 nitrogen and oxygen atoms in total. The Hall–Kier alpha value is -2.44. The second-order valence-corrected chi connectivity index (χ2v) is 3.73. The zero-order valence-electron chi connectivity index (χ0n) is 9.82. The van der Waals surface area contributed by atoms with Gasteiger partial charge in [0.05, 0.1) is 5.69 Å². The summed E-state index contributed by atoms with van der Waals surface area (Å²) in [6.45, 7) is 0. The van der Waals surface area contributed by atoms with E-state index in [2.05, 4.69) is 9.72 Å². The monoisotopic (exact) mass is 285 g/mol. The Bertz CT molecular complexity index is 641. The maximum atomic E-state index is 13.2.